The average Bonchev–Trinajstić information content (AvgIpc) is 2.53. The summed E-state index contributed by atoms with van der Waals surface area (Å²) >= 11 is 0. The van der Waals surface area contributed by atoms with Crippen LogP contribution in [0, 0.1) is 23.2 Å². The Hall–Kier alpha value is -3.15. The fourth-order valence-corrected chi connectivity index (χ4v) is 1.69. The van der Waals surface area contributed by atoms with Crippen LogP contribution in [0.15, 0.2) is 42.6 Å². The first-order valence-corrected chi connectivity index (χ1v) is 6.20. The third-order valence-electron chi connectivity index (χ3n) is 2.60. The Morgan fingerprint density at radius 3 is 2.95 bits per heavy atom. The lowest BCUT2D eigenvalue weighted by atomic mass is 10.1. The van der Waals surface area contributed by atoms with Gasteiger partial charge in [-0.15, -0.1) is 0 Å². The number of hydrogen-bond donors (Lipinski definition) is 2. The molecule has 1 heterocycles. The molecule has 2 aromatic rings. The topological polar surface area (TPSA) is 91.8 Å². The van der Waals surface area contributed by atoms with Crippen LogP contribution >= 0.6 is 0 Å². The third kappa shape index (κ3) is 3.66. The molecule has 0 spiro atoms. The average molecular weight is 276 g/mol. The number of nitrogens with zero attached hydrogens (tertiary/aromatic N) is 2. The lowest BCUT2D eigenvalue weighted by Gasteiger charge is -2.06. The van der Waals surface area contributed by atoms with E-state index >= 15 is 0 Å². The molecule has 21 heavy (non-hydrogen) atoms. The maximum absolute atomic E-state index is 12.2. The monoisotopic (exact) mass is 276 g/mol. The normalized spacial score (nSPS) is 9.14. The van der Waals surface area contributed by atoms with Gasteiger partial charge in [0.15, 0.2) is 0 Å². The van der Waals surface area contributed by atoms with Crippen molar-refractivity contribution in [2.45, 2.75) is 0 Å². The highest BCUT2D eigenvalue weighted by molar-refractivity contribution is 6.04. The molecule has 5 nitrogen and oxygen atoms in total. The quantitative estimate of drug-likeness (QED) is 0.813. The molecule has 0 atom stereocenters. The summed E-state index contributed by atoms with van der Waals surface area (Å²) in [5, 5.41) is 11.5. The number of nitrogens with two attached hydrogens (primary N) is 1. The molecule has 3 N–H and O–H groups in total. The zero-order valence-corrected chi connectivity index (χ0v) is 11.1. The molecule has 1 aromatic heterocycles. The maximum atomic E-state index is 12.2. The lowest BCUT2D eigenvalue weighted by molar-refractivity contribution is 0.102. The lowest BCUT2D eigenvalue weighted by Crippen LogP contribution is -2.15. The fraction of sp³-hybridized carbons (Fsp3) is 0.0625. The minimum atomic E-state index is -0.382. The van der Waals surface area contributed by atoms with Crippen molar-refractivity contribution in [3.63, 3.8) is 0 Å². The van der Waals surface area contributed by atoms with Gasteiger partial charge in [0, 0.05) is 11.9 Å². The van der Waals surface area contributed by atoms with Crippen molar-refractivity contribution in [1.82, 2.24) is 4.98 Å². The molecule has 0 aliphatic rings. The van der Waals surface area contributed by atoms with Crippen molar-refractivity contribution in [3.8, 4) is 17.9 Å². The van der Waals surface area contributed by atoms with E-state index in [0.29, 0.717) is 16.8 Å². The van der Waals surface area contributed by atoms with Crippen LogP contribution < -0.4 is 11.1 Å². The predicted molar refractivity (Wildman–Crippen MR) is 79.3 cm³/mol. The highest BCUT2D eigenvalue weighted by Crippen LogP contribution is 2.12. The molecule has 0 aliphatic carbocycles. The first kappa shape index (κ1) is 14.3. The number of pyridine rings is 1. The van der Waals surface area contributed by atoms with Gasteiger partial charge in [0.1, 0.15) is 5.69 Å². The second-order valence-corrected chi connectivity index (χ2v) is 4.05. The van der Waals surface area contributed by atoms with Gasteiger partial charge < -0.3 is 11.1 Å². The van der Waals surface area contributed by atoms with Gasteiger partial charge >= 0.3 is 0 Å². The van der Waals surface area contributed by atoms with Crippen molar-refractivity contribution in [2.24, 2.45) is 5.73 Å². The summed E-state index contributed by atoms with van der Waals surface area (Å²) in [5.41, 5.74) is 7.07. The van der Waals surface area contributed by atoms with Crippen molar-refractivity contribution in [3.05, 3.63) is 59.4 Å². The van der Waals surface area contributed by atoms with Crippen molar-refractivity contribution in [1.29, 1.82) is 5.26 Å². The van der Waals surface area contributed by atoms with E-state index < -0.39 is 0 Å². The minimum Gasteiger partial charge on any atom is -0.321 e. The Morgan fingerprint density at radius 2 is 2.19 bits per heavy atom. The Kier molecular flexibility index (Phi) is 4.66. The van der Waals surface area contributed by atoms with Gasteiger partial charge in [-0.1, -0.05) is 17.9 Å². The smallest absolute Gasteiger partial charge is 0.275 e. The molecule has 0 fully saturated rings. The number of nitriles is 1. The molecule has 0 unspecified atom stereocenters. The molecule has 0 aliphatic heterocycles. The summed E-state index contributed by atoms with van der Waals surface area (Å²) in [7, 11) is 0. The molecule has 0 saturated carbocycles. The SMILES string of the molecule is N#Cc1cccc(NC(=O)c2ncccc2C#CCN)c1. The van der Waals surface area contributed by atoms with Crippen LogP contribution in [0.25, 0.3) is 0 Å². The van der Waals surface area contributed by atoms with E-state index in [1.165, 1.54) is 6.20 Å². The number of amides is 1. The summed E-state index contributed by atoms with van der Waals surface area (Å²) in [4.78, 5) is 16.3. The number of rotatable bonds is 2. The molecule has 0 bridgehead atoms. The first-order valence-electron chi connectivity index (χ1n) is 6.20. The summed E-state index contributed by atoms with van der Waals surface area (Å²) < 4.78 is 0. The van der Waals surface area contributed by atoms with E-state index in [-0.39, 0.29) is 18.1 Å². The molecular weight excluding hydrogens is 264 g/mol. The van der Waals surface area contributed by atoms with Crippen molar-refractivity contribution < 1.29 is 4.79 Å². The van der Waals surface area contributed by atoms with Crippen molar-refractivity contribution >= 4 is 11.6 Å². The number of benzene rings is 1. The van der Waals surface area contributed by atoms with E-state index in [1.807, 2.05) is 6.07 Å². The minimum absolute atomic E-state index is 0.209. The maximum Gasteiger partial charge on any atom is 0.275 e. The van der Waals surface area contributed by atoms with Crippen LogP contribution in [0.1, 0.15) is 21.6 Å². The van der Waals surface area contributed by atoms with E-state index in [4.69, 9.17) is 11.0 Å². The van der Waals surface area contributed by atoms with Gasteiger partial charge in [-0.25, -0.2) is 4.98 Å². The number of anilines is 1. The Balaban J connectivity index is 2.26. The Bertz CT molecular complexity index is 766. The summed E-state index contributed by atoms with van der Waals surface area (Å²) in [6.45, 7) is 0.209. The molecule has 2 rings (SSSR count). The van der Waals surface area contributed by atoms with Gasteiger partial charge in [0.25, 0.3) is 5.91 Å². The zero-order chi connectivity index (χ0) is 15.1. The summed E-state index contributed by atoms with van der Waals surface area (Å²) in [6, 6.07) is 12.1. The van der Waals surface area contributed by atoms with Crippen LogP contribution in [-0.4, -0.2) is 17.4 Å². The number of nitrogens with one attached hydrogen (secondary N) is 1. The van der Waals surface area contributed by atoms with E-state index in [1.54, 1.807) is 36.4 Å². The first-order chi connectivity index (χ1) is 10.2. The fourth-order valence-electron chi connectivity index (χ4n) is 1.69. The number of carbonyl (C=O) groups is 1. The second kappa shape index (κ2) is 6.85. The predicted octanol–water partition coefficient (Wildman–Crippen LogP) is 1.52. The number of aromatic nitrogens is 1. The summed E-state index contributed by atoms with van der Waals surface area (Å²) in [6.07, 6.45) is 1.52. The molecular formula is C16H12N4O. The number of carbonyl (C=O) groups excluding carboxylic acids is 1. The highest BCUT2D eigenvalue weighted by atomic mass is 16.1. The highest BCUT2D eigenvalue weighted by Gasteiger charge is 2.11. The van der Waals surface area contributed by atoms with Gasteiger partial charge in [-0.05, 0) is 30.3 Å². The standard InChI is InChI=1S/C16H12N4O/c17-8-2-5-13-6-3-9-19-15(13)16(21)20-14-7-1-4-12(10-14)11-18/h1,3-4,6-7,9-10H,8,17H2,(H,20,21). The van der Waals surface area contributed by atoms with Gasteiger partial charge in [-0.3, -0.25) is 4.79 Å². The zero-order valence-electron chi connectivity index (χ0n) is 11.1. The van der Waals surface area contributed by atoms with Crippen molar-refractivity contribution in [2.75, 3.05) is 11.9 Å². The molecule has 0 saturated heterocycles. The molecule has 102 valence electrons. The van der Waals surface area contributed by atoms with E-state index in [9.17, 15) is 4.79 Å². The molecule has 5 heteroatoms. The Morgan fingerprint density at radius 1 is 1.33 bits per heavy atom. The molecule has 1 aromatic carbocycles. The van der Waals surface area contributed by atoms with Crippen LogP contribution in [0.2, 0.25) is 0 Å². The van der Waals surface area contributed by atoms with E-state index in [2.05, 4.69) is 22.1 Å². The second-order valence-electron chi connectivity index (χ2n) is 4.05. The third-order valence-corrected chi connectivity index (χ3v) is 2.60. The Labute approximate surface area is 122 Å². The van der Waals surface area contributed by atoms with E-state index in [0.717, 1.165) is 0 Å². The van der Waals surface area contributed by atoms with Crippen LogP contribution in [0.4, 0.5) is 5.69 Å². The van der Waals surface area contributed by atoms with Crippen LogP contribution in [0.5, 0.6) is 0 Å². The van der Waals surface area contributed by atoms with Gasteiger partial charge in [0.05, 0.1) is 23.7 Å². The number of hydrogen-bond acceptors (Lipinski definition) is 4. The largest absolute Gasteiger partial charge is 0.321 e. The van der Waals surface area contributed by atoms with Gasteiger partial charge in [0.2, 0.25) is 0 Å². The molecule has 0 radical (unpaired) electrons. The van der Waals surface area contributed by atoms with Crippen LogP contribution in [-0.2, 0) is 0 Å². The van der Waals surface area contributed by atoms with Gasteiger partial charge in [-0.2, -0.15) is 5.26 Å². The van der Waals surface area contributed by atoms with Crippen LogP contribution in [0.3, 0.4) is 0 Å². The molecule has 1 amide bonds. The summed E-state index contributed by atoms with van der Waals surface area (Å²) in [5.74, 6) is 5.13.